The molecule has 17 heavy (non-hydrogen) atoms. The van der Waals surface area contributed by atoms with E-state index in [0.29, 0.717) is 5.52 Å². The zero-order valence-corrected chi connectivity index (χ0v) is 9.29. The van der Waals surface area contributed by atoms with E-state index < -0.39 is 0 Å². The summed E-state index contributed by atoms with van der Waals surface area (Å²) in [5, 5.41) is 3.99. The van der Waals surface area contributed by atoms with Crippen LogP contribution in [0.3, 0.4) is 0 Å². The van der Waals surface area contributed by atoms with Crippen LogP contribution in [-0.4, -0.2) is 18.1 Å². The van der Waals surface area contributed by atoms with Crippen LogP contribution in [0, 0.1) is 5.82 Å². The van der Waals surface area contributed by atoms with Crippen molar-refractivity contribution in [2.24, 2.45) is 0 Å². The van der Waals surface area contributed by atoms with E-state index in [4.69, 9.17) is 0 Å². The summed E-state index contributed by atoms with van der Waals surface area (Å²) in [5.41, 5.74) is 1.39. The van der Waals surface area contributed by atoms with Crippen LogP contribution in [0.1, 0.15) is 17.9 Å². The molecule has 0 bridgehead atoms. The Morgan fingerprint density at radius 3 is 2.94 bits per heavy atom. The third-order valence-electron chi connectivity index (χ3n) is 3.34. The molecule has 1 aliphatic rings. The van der Waals surface area contributed by atoms with Gasteiger partial charge in [-0.05, 0) is 37.2 Å². The Labute approximate surface area is 97.7 Å². The quantitative estimate of drug-likeness (QED) is 0.786. The van der Waals surface area contributed by atoms with Gasteiger partial charge < -0.3 is 10.3 Å². The predicted molar refractivity (Wildman–Crippen MR) is 64.8 cm³/mol. The van der Waals surface area contributed by atoms with E-state index in [1.165, 1.54) is 12.1 Å². The lowest BCUT2D eigenvalue weighted by molar-refractivity contribution is 0.629. The molecule has 0 saturated carbocycles. The fourth-order valence-electron chi connectivity index (χ4n) is 2.42. The number of halogens is 1. The maximum absolute atomic E-state index is 13.1. The summed E-state index contributed by atoms with van der Waals surface area (Å²) >= 11 is 0. The number of fused-ring (bicyclic) bond motifs is 1. The van der Waals surface area contributed by atoms with E-state index in [1.54, 1.807) is 6.07 Å². The normalized spacial score (nSPS) is 19.9. The number of hydrogen-bond acceptors (Lipinski definition) is 2. The second-order valence-electron chi connectivity index (χ2n) is 4.48. The number of H-pyrrole nitrogens is 1. The molecule has 1 saturated heterocycles. The molecule has 3 nitrogen and oxygen atoms in total. The Morgan fingerprint density at radius 2 is 2.18 bits per heavy atom. The van der Waals surface area contributed by atoms with Crippen molar-refractivity contribution in [2.75, 3.05) is 13.1 Å². The SMILES string of the molecule is O=c1[nH]c2ccc(F)cc2cc1C1CCNC1. The molecule has 2 aromatic rings. The van der Waals surface area contributed by atoms with Gasteiger partial charge >= 0.3 is 0 Å². The highest BCUT2D eigenvalue weighted by Crippen LogP contribution is 2.22. The van der Waals surface area contributed by atoms with Crippen LogP contribution >= 0.6 is 0 Å². The molecule has 1 atom stereocenters. The van der Waals surface area contributed by atoms with Gasteiger partial charge in [0.15, 0.2) is 0 Å². The maximum Gasteiger partial charge on any atom is 0.251 e. The number of hydrogen-bond donors (Lipinski definition) is 2. The molecule has 4 heteroatoms. The van der Waals surface area contributed by atoms with E-state index >= 15 is 0 Å². The molecule has 1 unspecified atom stereocenters. The van der Waals surface area contributed by atoms with Gasteiger partial charge in [0, 0.05) is 28.9 Å². The lowest BCUT2D eigenvalue weighted by Crippen LogP contribution is -2.18. The first kappa shape index (κ1) is 10.5. The summed E-state index contributed by atoms with van der Waals surface area (Å²) < 4.78 is 13.1. The highest BCUT2D eigenvalue weighted by Gasteiger charge is 2.19. The zero-order chi connectivity index (χ0) is 11.8. The average molecular weight is 232 g/mol. The van der Waals surface area contributed by atoms with Gasteiger partial charge in [0.25, 0.3) is 5.56 Å². The summed E-state index contributed by atoms with van der Waals surface area (Å²) in [6.45, 7) is 1.76. The molecule has 3 rings (SSSR count). The first-order valence-corrected chi connectivity index (χ1v) is 5.77. The Hall–Kier alpha value is -1.68. The zero-order valence-electron chi connectivity index (χ0n) is 9.29. The lowest BCUT2D eigenvalue weighted by atomic mass is 9.98. The summed E-state index contributed by atoms with van der Waals surface area (Å²) in [5.74, 6) is -0.0357. The number of aromatic amines is 1. The van der Waals surface area contributed by atoms with Crippen molar-refractivity contribution >= 4 is 10.9 Å². The number of nitrogens with one attached hydrogen (secondary N) is 2. The fraction of sp³-hybridized carbons (Fsp3) is 0.308. The van der Waals surface area contributed by atoms with Crippen molar-refractivity contribution < 1.29 is 4.39 Å². The van der Waals surface area contributed by atoms with Gasteiger partial charge in [-0.2, -0.15) is 0 Å². The van der Waals surface area contributed by atoms with Crippen LogP contribution in [0.2, 0.25) is 0 Å². The van der Waals surface area contributed by atoms with Gasteiger partial charge in [-0.3, -0.25) is 4.79 Å². The average Bonchev–Trinajstić information content (AvgIpc) is 2.82. The maximum atomic E-state index is 13.1. The number of pyridine rings is 1. The van der Waals surface area contributed by atoms with E-state index in [1.807, 2.05) is 6.07 Å². The molecule has 1 aromatic heterocycles. The van der Waals surface area contributed by atoms with Crippen molar-refractivity contribution in [3.8, 4) is 0 Å². The number of aromatic nitrogens is 1. The highest BCUT2D eigenvalue weighted by molar-refractivity contribution is 5.79. The Kier molecular flexibility index (Phi) is 2.44. The molecular formula is C13H13FN2O. The van der Waals surface area contributed by atoms with Crippen LogP contribution in [-0.2, 0) is 0 Å². The minimum absolute atomic E-state index is 0.0576. The molecule has 1 fully saturated rings. The van der Waals surface area contributed by atoms with Crippen molar-refractivity contribution in [2.45, 2.75) is 12.3 Å². The van der Waals surface area contributed by atoms with Crippen molar-refractivity contribution in [3.63, 3.8) is 0 Å². The van der Waals surface area contributed by atoms with Gasteiger partial charge in [-0.25, -0.2) is 4.39 Å². The predicted octanol–water partition coefficient (Wildman–Crippen LogP) is 1.74. The topological polar surface area (TPSA) is 44.9 Å². The van der Waals surface area contributed by atoms with Gasteiger partial charge in [-0.15, -0.1) is 0 Å². The van der Waals surface area contributed by atoms with Crippen LogP contribution in [0.4, 0.5) is 4.39 Å². The molecule has 0 aliphatic carbocycles. The molecular weight excluding hydrogens is 219 g/mol. The van der Waals surface area contributed by atoms with Crippen molar-refractivity contribution in [1.29, 1.82) is 0 Å². The smallest absolute Gasteiger partial charge is 0.251 e. The molecule has 1 aliphatic heterocycles. The molecule has 0 amide bonds. The first-order valence-electron chi connectivity index (χ1n) is 5.77. The molecule has 2 heterocycles. The van der Waals surface area contributed by atoms with E-state index in [0.717, 1.165) is 30.5 Å². The lowest BCUT2D eigenvalue weighted by Gasteiger charge is -2.08. The minimum Gasteiger partial charge on any atom is -0.322 e. The Morgan fingerprint density at radius 1 is 1.29 bits per heavy atom. The van der Waals surface area contributed by atoms with Crippen LogP contribution < -0.4 is 10.9 Å². The third kappa shape index (κ3) is 1.85. The minimum atomic E-state index is -0.278. The van der Waals surface area contributed by atoms with Gasteiger partial charge in [-0.1, -0.05) is 0 Å². The summed E-state index contributed by atoms with van der Waals surface area (Å²) in [7, 11) is 0. The summed E-state index contributed by atoms with van der Waals surface area (Å²) in [4.78, 5) is 14.7. The molecule has 2 N–H and O–H groups in total. The highest BCUT2D eigenvalue weighted by atomic mass is 19.1. The van der Waals surface area contributed by atoms with Crippen molar-refractivity contribution in [1.82, 2.24) is 10.3 Å². The van der Waals surface area contributed by atoms with Gasteiger partial charge in [0.05, 0.1) is 0 Å². The second kappa shape index (κ2) is 3.96. The molecule has 0 spiro atoms. The Bertz CT molecular complexity index is 614. The van der Waals surface area contributed by atoms with Crippen LogP contribution in [0.5, 0.6) is 0 Å². The molecule has 88 valence electrons. The first-order chi connectivity index (χ1) is 8.24. The van der Waals surface area contributed by atoms with E-state index in [2.05, 4.69) is 10.3 Å². The van der Waals surface area contributed by atoms with Gasteiger partial charge in [0.1, 0.15) is 5.82 Å². The Balaban J connectivity index is 2.18. The molecule has 0 radical (unpaired) electrons. The summed E-state index contributed by atoms with van der Waals surface area (Å²) in [6, 6.07) is 6.23. The second-order valence-corrected chi connectivity index (χ2v) is 4.48. The van der Waals surface area contributed by atoms with Crippen LogP contribution in [0.25, 0.3) is 10.9 Å². The van der Waals surface area contributed by atoms with Crippen LogP contribution in [0.15, 0.2) is 29.1 Å². The third-order valence-corrected chi connectivity index (χ3v) is 3.34. The fourth-order valence-corrected chi connectivity index (χ4v) is 2.42. The summed E-state index contributed by atoms with van der Waals surface area (Å²) in [6.07, 6.45) is 0.962. The number of benzene rings is 1. The molecule has 1 aromatic carbocycles. The van der Waals surface area contributed by atoms with Crippen molar-refractivity contribution in [3.05, 3.63) is 46.0 Å². The largest absolute Gasteiger partial charge is 0.322 e. The standard InChI is InChI=1S/C13H13FN2O/c14-10-1-2-12-9(5-10)6-11(13(17)16-12)8-3-4-15-7-8/h1-2,5-6,8,15H,3-4,7H2,(H,16,17). The monoisotopic (exact) mass is 232 g/mol. The van der Waals surface area contributed by atoms with E-state index in [9.17, 15) is 9.18 Å². The van der Waals surface area contributed by atoms with Gasteiger partial charge in [0.2, 0.25) is 0 Å². The number of rotatable bonds is 1. The van der Waals surface area contributed by atoms with E-state index in [-0.39, 0.29) is 17.3 Å².